The molecule has 0 saturated carbocycles. The third kappa shape index (κ3) is 3.22. The van der Waals surface area contributed by atoms with Crippen molar-refractivity contribution in [2.45, 2.75) is 26.2 Å². The molecule has 2 aliphatic heterocycles. The summed E-state index contributed by atoms with van der Waals surface area (Å²) in [4.78, 5) is 16.9. The van der Waals surface area contributed by atoms with Crippen LogP contribution in [0.1, 0.15) is 29.0 Å². The van der Waals surface area contributed by atoms with Gasteiger partial charge >= 0.3 is 0 Å². The molecule has 2 aliphatic rings. The number of nitrogens with zero attached hydrogens (tertiary/aromatic N) is 3. The highest BCUT2D eigenvalue weighted by molar-refractivity contribution is 8.03. The summed E-state index contributed by atoms with van der Waals surface area (Å²) >= 11 is 1.58. The van der Waals surface area contributed by atoms with Crippen LogP contribution in [-0.4, -0.2) is 23.4 Å². The standard InChI is InChI=1S/C22H21N3OS/c1-15-7-9-17(10-8-15)24-13-25-21(26)11-19(18-6-4-3-5-16(18)2)20(12-23)22(25)27-14-24/h3-10,19H,11,13-14H2,1-2H3/t19-/m1/s1. The van der Waals surface area contributed by atoms with Gasteiger partial charge in [0.25, 0.3) is 0 Å². The zero-order valence-electron chi connectivity index (χ0n) is 15.5. The fourth-order valence-corrected chi connectivity index (χ4v) is 4.89. The number of amides is 1. The molecule has 4 nitrogen and oxygen atoms in total. The fraction of sp³-hybridized carbons (Fsp3) is 0.273. The Hall–Kier alpha value is -2.71. The Kier molecular flexibility index (Phi) is 4.67. The van der Waals surface area contributed by atoms with Gasteiger partial charge < -0.3 is 4.90 Å². The molecule has 1 amide bonds. The zero-order chi connectivity index (χ0) is 19.0. The van der Waals surface area contributed by atoms with Crippen LogP contribution in [0.3, 0.4) is 0 Å². The van der Waals surface area contributed by atoms with Crippen molar-refractivity contribution in [2.75, 3.05) is 17.4 Å². The largest absolute Gasteiger partial charge is 0.344 e. The van der Waals surface area contributed by atoms with E-state index < -0.39 is 0 Å². The van der Waals surface area contributed by atoms with Crippen molar-refractivity contribution in [2.24, 2.45) is 0 Å². The van der Waals surface area contributed by atoms with E-state index in [0.717, 1.165) is 33.3 Å². The molecule has 0 bridgehead atoms. The number of carbonyl (C=O) groups is 1. The first kappa shape index (κ1) is 17.7. The number of fused-ring (bicyclic) bond motifs is 1. The Labute approximate surface area is 164 Å². The van der Waals surface area contributed by atoms with E-state index in [1.54, 1.807) is 16.7 Å². The number of nitriles is 1. The highest BCUT2D eigenvalue weighted by Gasteiger charge is 2.38. The van der Waals surface area contributed by atoms with Crippen LogP contribution in [0.15, 0.2) is 59.1 Å². The monoisotopic (exact) mass is 375 g/mol. The average Bonchev–Trinajstić information content (AvgIpc) is 2.69. The lowest BCUT2D eigenvalue weighted by Crippen LogP contribution is -2.47. The predicted octanol–water partition coefficient (Wildman–Crippen LogP) is 4.52. The highest BCUT2D eigenvalue weighted by Crippen LogP contribution is 2.43. The Bertz CT molecular complexity index is 958. The van der Waals surface area contributed by atoms with Gasteiger partial charge in [0.05, 0.1) is 29.2 Å². The van der Waals surface area contributed by atoms with Crippen LogP contribution in [-0.2, 0) is 4.79 Å². The summed E-state index contributed by atoms with van der Waals surface area (Å²) in [5.41, 5.74) is 5.23. The maximum absolute atomic E-state index is 13.0. The van der Waals surface area contributed by atoms with Crippen molar-refractivity contribution >= 4 is 23.4 Å². The van der Waals surface area contributed by atoms with Gasteiger partial charge in [0, 0.05) is 18.0 Å². The van der Waals surface area contributed by atoms with Crippen molar-refractivity contribution in [3.05, 3.63) is 75.8 Å². The third-order valence-corrected chi connectivity index (χ3v) is 6.41. The number of hydrogen-bond donors (Lipinski definition) is 0. The molecular formula is C22H21N3OS. The zero-order valence-corrected chi connectivity index (χ0v) is 16.3. The van der Waals surface area contributed by atoms with Gasteiger partial charge in [-0.05, 0) is 37.1 Å². The second kappa shape index (κ2) is 7.13. The smallest absolute Gasteiger partial charge is 0.229 e. The Balaban J connectivity index is 1.68. The van der Waals surface area contributed by atoms with Crippen LogP contribution in [0, 0.1) is 25.2 Å². The van der Waals surface area contributed by atoms with Gasteiger partial charge in [-0.3, -0.25) is 9.69 Å². The second-order valence-electron chi connectivity index (χ2n) is 7.06. The van der Waals surface area contributed by atoms with Gasteiger partial charge in [-0.15, -0.1) is 0 Å². The number of benzene rings is 2. The minimum atomic E-state index is -0.145. The Morgan fingerprint density at radius 3 is 2.56 bits per heavy atom. The molecule has 1 atom stereocenters. The SMILES string of the molecule is Cc1ccc(N2CSC3=C(C#N)[C@@H](c4ccccc4C)CC(=O)N3C2)cc1. The van der Waals surface area contributed by atoms with Crippen molar-refractivity contribution < 1.29 is 4.79 Å². The molecular weight excluding hydrogens is 354 g/mol. The van der Waals surface area contributed by atoms with Crippen molar-refractivity contribution in [1.82, 2.24) is 4.90 Å². The summed E-state index contributed by atoms with van der Waals surface area (Å²) in [6.07, 6.45) is 0.347. The lowest BCUT2D eigenvalue weighted by molar-refractivity contribution is -0.129. The van der Waals surface area contributed by atoms with Gasteiger partial charge in [-0.25, -0.2) is 0 Å². The maximum Gasteiger partial charge on any atom is 0.229 e. The molecule has 5 heteroatoms. The molecule has 2 heterocycles. The normalized spacial score (nSPS) is 19.7. The molecule has 0 radical (unpaired) electrons. The lowest BCUT2D eigenvalue weighted by atomic mass is 9.84. The molecule has 0 spiro atoms. The first-order valence-corrected chi connectivity index (χ1v) is 10.0. The average molecular weight is 375 g/mol. The summed E-state index contributed by atoms with van der Waals surface area (Å²) in [7, 11) is 0. The van der Waals surface area contributed by atoms with Gasteiger partial charge in [0.1, 0.15) is 0 Å². The number of allylic oxidation sites excluding steroid dienone is 1. The van der Waals surface area contributed by atoms with Crippen molar-refractivity contribution in [1.29, 1.82) is 5.26 Å². The summed E-state index contributed by atoms with van der Waals surface area (Å²) in [5.74, 6) is 0.670. The van der Waals surface area contributed by atoms with Crippen LogP contribution in [0.2, 0.25) is 0 Å². The van der Waals surface area contributed by atoms with Crippen LogP contribution < -0.4 is 4.90 Å². The molecule has 0 aromatic heterocycles. The van der Waals surface area contributed by atoms with Crippen molar-refractivity contribution in [3.63, 3.8) is 0 Å². The number of anilines is 1. The molecule has 136 valence electrons. The Morgan fingerprint density at radius 2 is 1.85 bits per heavy atom. The lowest BCUT2D eigenvalue weighted by Gasteiger charge is -2.42. The van der Waals surface area contributed by atoms with Crippen molar-refractivity contribution in [3.8, 4) is 6.07 Å². The third-order valence-electron chi connectivity index (χ3n) is 5.26. The molecule has 4 rings (SSSR count). The van der Waals surface area contributed by atoms with Crippen LogP contribution in [0.25, 0.3) is 0 Å². The van der Waals surface area contributed by atoms with E-state index in [4.69, 9.17) is 0 Å². The van der Waals surface area contributed by atoms with Gasteiger partial charge in [-0.1, -0.05) is 53.7 Å². The number of hydrogen-bond acceptors (Lipinski definition) is 4. The van der Waals surface area contributed by atoms with E-state index in [-0.39, 0.29) is 11.8 Å². The maximum atomic E-state index is 13.0. The highest BCUT2D eigenvalue weighted by atomic mass is 32.2. The van der Waals surface area contributed by atoms with Crippen LogP contribution in [0.5, 0.6) is 0 Å². The number of rotatable bonds is 2. The minimum absolute atomic E-state index is 0.0848. The molecule has 0 aliphatic carbocycles. The van der Waals surface area contributed by atoms with Gasteiger partial charge in [0.15, 0.2) is 0 Å². The van der Waals surface area contributed by atoms with Crippen LogP contribution >= 0.6 is 11.8 Å². The number of aryl methyl sites for hydroxylation is 2. The fourth-order valence-electron chi connectivity index (χ4n) is 3.72. The summed E-state index contributed by atoms with van der Waals surface area (Å²) in [6.45, 7) is 4.60. The molecule has 1 saturated heterocycles. The van der Waals surface area contributed by atoms with E-state index in [1.165, 1.54) is 5.56 Å². The molecule has 2 aromatic carbocycles. The van der Waals surface area contributed by atoms with Gasteiger partial charge in [0.2, 0.25) is 5.91 Å². The molecule has 27 heavy (non-hydrogen) atoms. The summed E-state index contributed by atoms with van der Waals surface area (Å²) < 4.78 is 0. The predicted molar refractivity (Wildman–Crippen MR) is 109 cm³/mol. The van der Waals surface area contributed by atoms with E-state index in [9.17, 15) is 10.1 Å². The summed E-state index contributed by atoms with van der Waals surface area (Å²) in [6, 6.07) is 18.8. The molecule has 0 N–H and O–H groups in total. The topological polar surface area (TPSA) is 47.3 Å². The van der Waals surface area contributed by atoms with E-state index in [1.807, 2.05) is 31.2 Å². The van der Waals surface area contributed by atoms with Gasteiger partial charge in [-0.2, -0.15) is 5.26 Å². The number of carbonyl (C=O) groups excluding carboxylic acids is 1. The van der Waals surface area contributed by atoms with E-state index in [0.29, 0.717) is 13.1 Å². The minimum Gasteiger partial charge on any atom is -0.344 e. The summed E-state index contributed by atoms with van der Waals surface area (Å²) in [5, 5.41) is 10.7. The molecule has 0 unspecified atom stereocenters. The Morgan fingerprint density at radius 1 is 1.11 bits per heavy atom. The quantitative estimate of drug-likeness (QED) is 0.774. The second-order valence-corrected chi connectivity index (χ2v) is 7.99. The first-order valence-electron chi connectivity index (χ1n) is 9.03. The number of thioether (sulfide) groups is 1. The first-order chi connectivity index (χ1) is 13.1. The van der Waals surface area contributed by atoms with Crippen LogP contribution in [0.4, 0.5) is 5.69 Å². The van der Waals surface area contributed by atoms with E-state index >= 15 is 0 Å². The van der Waals surface area contributed by atoms with E-state index in [2.05, 4.69) is 42.2 Å². The molecule has 1 fully saturated rings. The molecule has 2 aromatic rings.